The Morgan fingerprint density at radius 1 is 1.47 bits per heavy atom. The van der Waals surface area contributed by atoms with E-state index in [9.17, 15) is 13.6 Å². The highest BCUT2D eigenvalue weighted by atomic mass is 35.5. The maximum Gasteiger partial charge on any atom is 0.322 e. The van der Waals surface area contributed by atoms with Crippen molar-refractivity contribution >= 4 is 17.6 Å². The third-order valence-corrected chi connectivity index (χ3v) is 2.60. The lowest BCUT2D eigenvalue weighted by atomic mass is 10.0. The summed E-state index contributed by atoms with van der Waals surface area (Å²) in [6.45, 7) is 0. The fourth-order valence-corrected chi connectivity index (χ4v) is 1.54. The van der Waals surface area contributed by atoms with E-state index in [2.05, 4.69) is 9.97 Å². The molecule has 1 unspecified atom stereocenters. The summed E-state index contributed by atoms with van der Waals surface area (Å²) in [6.07, 6.45) is 1.28. The molecule has 1 aliphatic carbocycles. The minimum absolute atomic E-state index is 0.0308. The van der Waals surface area contributed by atoms with Crippen LogP contribution in [0.1, 0.15) is 12.1 Å². The fraction of sp³-hybridized carbons (Fsp3) is 0.375. The Morgan fingerprint density at radius 2 is 2.07 bits per heavy atom. The lowest BCUT2D eigenvalue weighted by Crippen LogP contribution is -2.28. The molecule has 80 valence electrons. The van der Waals surface area contributed by atoms with Gasteiger partial charge in [-0.2, -0.15) is 0 Å². The van der Waals surface area contributed by atoms with Crippen LogP contribution in [0, 0.1) is 0 Å². The lowest BCUT2D eigenvalue weighted by Gasteiger charge is -2.09. The molecule has 1 atom stereocenters. The Morgan fingerprint density at radius 3 is 2.40 bits per heavy atom. The van der Waals surface area contributed by atoms with Crippen LogP contribution in [0.15, 0.2) is 12.4 Å². The highest BCUT2D eigenvalue weighted by Gasteiger charge is 2.78. The first-order valence-corrected chi connectivity index (χ1v) is 4.37. The predicted octanol–water partition coefficient (Wildman–Crippen LogP) is 1.49. The summed E-state index contributed by atoms with van der Waals surface area (Å²) < 4.78 is 26.0. The zero-order chi connectivity index (χ0) is 11.3. The van der Waals surface area contributed by atoms with Crippen LogP contribution >= 0.6 is 11.6 Å². The molecule has 0 bridgehead atoms. The Labute approximate surface area is 87.9 Å². The van der Waals surface area contributed by atoms with Crippen molar-refractivity contribution in [2.24, 2.45) is 0 Å². The lowest BCUT2D eigenvalue weighted by molar-refractivity contribution is -0.143. The molecule has 0 aliphatic heterocycles. The first-order chi connectivity index (χ1) is 6.90. The number of halogens is 3. The third kappa shape index (κ3) is 1.28. The van der Waals surface area contributed by atoms with Crippen LogP contribution in [-0.2, 0) is 10.2 Å². The number of nitrogens with zero attached hydrogens (tertiary/aromatic N) is 2. The normalized spacial score (nSPS) is 27.4. The standard InChI is InChI=1S/C8H5ClF2N2O2/c9-5-2-12-4(1-13-5)7(6(14)15)3-8(7,10)11/h1-2H,3H2,(H,14,15). The Hall–Kier alpha value is -1.30. The number of hydrogen-bond acceptors (Lipinski definition) is 3. The molecule has 2 rings (SSSR count). The van der Waals surface area contributed by atoms with Gasteiger partial charge in [-0.25, -0.2) is 13.8 Å². The van der Waals surface area contributed by atoms with E-state index < -0.39 is 23.7 Å². The van der Waals surface area contributed by atoms with Crippen molar-refractivity contribution in [2.45, 2.75) is 17.8 Å². The van der Waals surface area contributed by atoms with E-state index in [4.69, 9.17) is 16.7 Å². The summed E-state index contributed by atoms with van der Waals surface area (Å²) in [4.78, 5) is 17.9. The molecule has 1 N–H and O–H groups in total. The van der Waals surface area contributed by atoms with Crippen LogP contribution in [0.3, 0.4) is 0 Å². The molecule has 1 saturated carbocycles. The van der Waals surface area contributed by atoms with E-state index in [0.717, 1.165) is 12.4 Å². The van der Waals surface area contributed by atoms with Crippen LogP contribution in [0.5, 0.6) is 0 Å². The largest absolute Gasteiger partial charge is 0.480 e. The number of aliphatic carboxylic acids is 1. The van der Waals surface area contributed by atoms with E-state index in [1.165, 1.54) is 0 Å². The monoisotopic (exact) mass is 234 g/mol. The van der Waals surface area contributed by atoms with Crippen molar-refractivity contribution in [3.63, 3.8) is 0 Å². The van der Waals surface area contributed by atoms with Crippen molar-refractivity contribution in [1.29, 1.82) is 0 Å². The van der Waals surface area contributed by atoms with Gasteiger partial charge in [0.05, 0.1) is 18.1 Å². The van der Waals surface area contributed by atoms with Gasteiger partial charge in [0.2, 0.25) is 0 Å². The average Bonchev–Trinajstić information content (AvgIpc) is 2.72. The van der Waals surface area contributed by atoms with Gasteiger partial charge in [-0.1, -0.05) is 11.6 Å². The molecular formula is C8H5ClF2N2O2. The predicted molar refractivity (Wildman–Crippen MR) is 45.9 cm³/mol. The summed E-state index contributed by atoms with van der Waals surface area (Å²) in [5.74, 6) is -4.86. The van der Waals surface area contributed by atoms with Crippen molar-refractivity contribution in [3.05, 3.63) is 23.2 Å². The van der Waals surface area contributed by atoms with Crippen molar-refractivity contribution < 1.29 is 18.7 Å². The maximum absolute atomic E-state index is 13.0. The van der Waals surface area contributed by atoms with Crippen molar-refractivity contribution in [2.75, 3.05) is 0 Å². The van der Waals surface area contributed by atoms with E-state index in [0.29, 0.717) is 0 Å². The second-order valence-corrected chi connectivity index (χ2v) is 3.70. The van der Waals surface area contributed by atoms with Gasteiger partial charge in [0.25, 0.3) is 5.92 Å². The topological polar surface area (TPSA) is 63.1 Å². The number of carboxylic acids is 1. The zero-order valence-corrected chi connectivity index (χ0v) is 8.00. The maximum atomic E-state index is 13.0. The molecule has 1 heterocycles. The SMILES string of the molecule is O=C(O)C1(c2cnc(Cl)cn2)CC1(F)F. The van der Waals surface area contributed by atoms with Gasteiger partial charge in [0, 0.05) is 6.42 Å². The van der Waals surface area contributed by atoms with Gasteiger partial charge >= 0.3 is 5.97 Å². The molecular weight excluding hydrogens is 230 g/mol. The number of carbonyl (C=O) groups is 1. The quantitative estimate of drug-likeness (QED) is 0.842. The molecule has 15 heavy (non-hydrogen) atoms. The molecule has 4 nitrogen and oxygen atoms in total. The molecule has 1 fully saturated rings. The number of rotatable bonds is 2. The van der Waals surface area contributed by atoms with Crippen molar-refractivity contribution in [3.8, 4) is 0 Å². The molecule has 0 spiro atoms. The summed E-state index contributed by atoms with van der Waals surface area (Å²) in [7, 11) is 0. The van der Waals surface area contributed by atoms with E-state index in [1.807, 2.05) is 0 Å². The van der Waals surface area contributed by atoms with Crippen molar-refractivity contribution in [1.82, 2.24) is 9.97 Å². The van der Waals surface area contributed by atoms with Gasteiger partial charge < -0.3 is 5.11 Å². The number of aromatic nitrogens is 2. The Balaban J connectivity index is 2.45. The highest BCUT2D eigenvalue weighted by molar-refractivity contribution is 6.29. The first kappa shape index (κ1) is 10.2. The van der Waals surface area contributed by atoms with Gasteiger partial charge in [-0.3, -0.25) is 9.78 Å². The second-order valence-electron chi connectivity index (χ2n) is 3.32. The van der Waals surface area contributed by atoms with Gasteiger partial charge in [-0.15, -0.1) is 0 Å². The minimum Gasteiger partial charge on any atom is -0.480 e. The average molecular weight is 235 g/mol. The molecule has 0 aromatic carbocycles. The molecule has 1 aliphatic rings. The van der Waals surface area contributed by atoms with E-state index in [-0.39, 0.29) is 10.8 Å². The van der Waals surface area contributed by atoms with Crippen LogP contribution < -0.4 is 0 Å². The summed E-state index contributed by atoms with van der Waals surface area (Å²) in [6, 6.07) is 0. The van der Waals surface area contributed by atoms with Crippen LogP contribution in [-0.4, -0.2) is 27.0 Å². The summed E-state index contributed by atoms with van der Waals surface area (Å²) >= 11 is 5.42. The number of alkyl halides is 2. The van der Waals surface area contributed by atoms with Gasteiger partial charge in [-0.05, 0) is 0 Å². The second kappa shape index (κ2) is 2.85. The number of hydrogen-bond donors (Lipinski definition) is 1. The smallest absolute Gasteiger partial charge is 0.322 e. The van der Waals surface area contributed by atoms with Crippen LogP contribution in [0.25, 0.3) is 0 Å². The third-order valence-electron chi connectivity index (χ3n) is 2.41. The van der Waals surface area contributed by atoms with Gasteiger partial charge in [0.1, 0.15) is 5.15 Å². The van der Waals surface area contributed by atoms with E-state index >= 15 is 0 Å². The summed E-state index contributed by atoms with van der Waals surface area (Å²) in [5, 5.41) is 8.81. The molecule has 7 heteroatoms. The van der Waals surface area contributed by atoms with E-state index in [1.54, 1.807) is 0 Å². The zero-order valence-electron chi connectivity index (χ0n) is 7.25. The first-order valence-electron chi connectivity index (χ1n) is 3.99. The summed E-state index contributed by atoms with van der Waals surface area (Å²) in [5.41, 5.74) is -2.48. The Kier molecular flexibility index (Phi) is 1.94. The molecule has 0 amide bonds. The van der Waals surface area contributed by atoms with Crippen LogP contribution in [0.4, 0.5) is 8.78 Å². The van der Waals surface area contributed by atoms with Gasteiger partial charge in [0.15, 0.2) is 5.41 Å². The Bertz CT molecular complexity index is 423. The molecule has 1 aromatic rings. The molecule has 1 aromatic heterocycles. The molecule has 0 saturated heterocycles. The molecule has 0 radical (unpaired) electrons. The fourth-order valence-electron chi connectivity index (χ4n) is 1.44. The number of carboxylic acid groups (broad SMARTS) is 1. The minimum atomic E-state index is -3.26. The van der Waals surface area contributed by atoms with Crippen LogP contribution in [0.2, 0.25) is 5.15 Å². The highest BCUT2D eigenvalue weighted by Crippen LogP contribution is 2.61.